The number of anilines is 3. The molecule has 0 atom stereocenters. The van der Waals surface area contributed by atoms with E-state index >= 15 is 0 Å². The fraction of sp³-hybridized carbons (Fsp3) is 0.389. The monoisotopic (exact) mass is 409 g/mol. The van der Waals surface area contributed by atoms with Crippen molar-refractivity contribution in [2.75, 3.05) is 36.8 Å². The van der Waals surface area contributed by atoms with Crippen molar-refractivity contribution in [3.8, 4) is 0 Å². The summed E-state index contributed by atoms with van der Waals surface area (Å²) in [6.07, 6.45) is 1.77. The highest BCUT2D eigenvalue weighted by Crippen LogP contribution is 2.26. The summed E-state index contributed by atoms with van der Waals surface area (Å²) in [5.41, 5.74) is 1.64. The molecule has 0 saturated heterocycles. The molecule has 3 aromatic rings. The second-order valence-electron chi connectivity index (χ2n) is 5.99. The van der Waals surface area contributed by atoms with Crippen LogP contribution in [-0.4, -0.2) is 50.8 Å². The quantitative estimate of drug-likeness (QED) is 0.586. The average molecular weight is 410 g/mol. The highest BCUT2D eigenvalue weighted by molar-refractivity contribution is 6.30. The first-order valence-corrected chi connectivity index (χ1v) is 9.17. The molecule has 0 radical (unpaired) electrons. The second-order valence-corrected chi connectivity index (χ2v) is 6.43. The first-order valence-electron chi connectivity index (χ1n) is 8.79. The zero-order valence-corrected chi connectivity index (χ0v) is 17.3. The highest BCUT2D eigenvalue weighted by atomic mass is 35.5. The number of nitrogens with zero attached hydrogens (tertiary/aromatic N) is 5. The van der Waals surface area contributed by atoms with Crippen LogP contribution in [0.3, 0.4) is 0 Å². The number of halogens is 2. The molecule has 2 heterocycles. The molecular formula is C18H25Cl2N7. The van der Waals surface area contributed by atoms with Gasteiger partial charge in [-0.3, -0.25) is 4.68 Å². The van der Waals surface area contributed by atoms with Crippen LogP contribution in [0.1, 0.15) is 13.8 Å². The van der Waals surface area contributed by atoms with E-state index in [1.807, 2.05) is 31.3 Å². The van der Waals surface area contributed by atoms with Crippen molar-refractivity contribution < 1.29 is 0 Å². The molecule has 146 valence electrons. The van der Waals surface area contributed by atoms with Crippen molar-refractivity contribution in [1.29, 1.82) is 0 Å². The Balaban J connectivity index is 0.00000261. The fourth-order valence-corrected chi connectivity index (χ4v) is 2.96. The highest BCUT2D eigenvalue weighted by Gasteiger charge is 2.12. The van der Waals surface area contributed by atoms with Gasteiger partial charge in [0.2, 0.25) is 5.95 Å². The Kier molecular flexibility index (Phi) is 7.65. The van der Waals surface area contributed by atoms with E-state index in [4.69, 9.17) is 11.6 Å². The van der Waals surface area contributed by atoms with Crippen molar-refractivity contribution in [2.24, 2.45) is 7.05 Å². The van der Waals surface area contributed by atoms with Gasteiger partial charge in [0, 0.05) is 30.8 Å². The summed E-state index contributed by atoms with van der Waals surface area (Å²) >= 11 is 6.08. The minimum atomic E-state index is 0. The van der Waals surface area contributed by atoms with Gasteiger partial charge in [0.1, 0.15) is 5.82 Å². The third-order valence-electron chi connectivity index (χ3n) is 4.29. The molecule has 9 heteroatoms. The lowest BCUT2D eigenvalue weighted by Gasteiger charge is -2.18. The minimum Gasteiger partial charge on any atom is -0.353 e. The average Bonchev–Trinajstić information content (AvgIpc) is 3.00. The van der Waals surface area contributed by atoms with Gasteiger partial charge in [0.25, 0.3) is 0 Å². The summed E-state index contributed by atoms with van der Waals surface area (Å²) in [6, 6.07) is 7.55. The SMILES string of the molecule is CCN(CC)CCNc1nc(Nc2cccc(Cl)c2)c2cnn(C)c2n1.Cl. The van der Waals surface area contributed by atoms with E-state index < -0.39 is 0 Å². The van der Waals surface area contributed by atoms with Crippen LogP contribution in [0.5, 0.6) is 0 Å². The summed E-state index contributed by atoms with van der Waals surface area (Å²) in [7, 11) is 1.87. The predicted octanol–water partition coefficient (Wildman–Crippen LogP) is 3.94. The third-order valence-corrected chi connectivity index (χ3v) is 4.52. The van der Waals surface area contributed by atoms with Gasteiger partial charge in [-0.05, 0) is 31.3 Å². The largest absolute Gasteiger partial charge is 0.353 e. The van der Waals surface area contributed by atoms with Gasteiger partial charge in [-0.2, -0.15) is 15.1 Å². The summed E-state index contributed by atoms with van der Waals surface area (Å²) in [6.45, 7) is 8.10. The van der Waals surface area contributed by atoms with Gasteiger partial charge >= 0.3 is 0 Å². The summed E-state index contributed by atoms with van der Waals surface area (Å²) < 4.78 is 1.75. The van der Waals surface area contributed by atoms with Crippen LogP contribution in [-0.2, 0) is 7.05 Å². The van der Waals surface area contributed by atoms with E-state index in [0.717, 1.165) is 42.9 Å². The van der Waals surface area contributed by atoms with Gasteiger partial charge in [-0.15, -0.1) is 12.4 Å². The molecule has 0 saturated carbocycles. The van der Waals surface area contributed by atoms with Crippen molar-refractivity contribution in [2.45, 2.75) is 13.8 Å². The number of likely N-dealkylation sites (N-methyl/N-ethyl adjacent to an activating group) is 1. The molecule has 0 aliphatic rings. The van der Waals surface area contributed by atoms with Crippen LogP contribution < -0.4 is 10.6 Å². The second kappa shape index (κ2) is 9.73. The van der Waals surface area contributed by atoms with Crippen LogP contribution in [0.15, 0.2) is 30.5 Å². The first-order chi connectivity index (χ1) is 12.6. The van der Waals surface area contributed by atoms with Crippen LogP contribution >= 0.6 is 24.0 Å². The van der Waals surface area contributed by atoms with E-state index in [0.29, 0.717) is 16.8 Å². The number of rotatable bonds is 8. The Morgan fingerprint density at radius 1 is 1.19 bits per heavy atom. The number of benzene rings is 1. The number of aryl methyl sites for hydroxylation is 1. The molecule has 7 nitrogen and oxygen atoms in total. The molecule has 0 aliphatic carbocycles. The van der Waals surface area contributed by atoms with Gasteiger partial charge in [-0.25, -0.2) is 0 Å². The number of aromatic nitrogens is 4. The molecule has 3 rings (SSSR count). The normalized spacial score (nSPS) is 10.9. The maximum absolute atomic E-state index is 6.08. The smallest absolute Gasteiger partial charge is 0.226 e. The van der Waals surface area contributed by atoms with E-state index in [1.165, 1.54) is 0 Å². The summed E-state index contributed by atoms with van der Waals surface area (Å²) in [5.74, 6) is 1.29. The zero-order chi connectivity index (χ0) is 18.5. The summed E-state index contributed by atoms with van der Waals surface area (Å²) in [4.78, 5) is 11.6. The van der Waals surface area contributed by atoms with Crippen LogP contribution in [0.2, 0.25) is 5.02 Å². The molecule has 0 spiro atoms. The molecule has 2 N–H and O–H groups in total. The van der Waals surface area contributed by atoms with Gasteiger partial charge in [-0.1, -0.05) is 31.5 Å². The zero-order valence-electron chi connectivity index (χ0n) is 15.7. The molecule has 0 unspecified atom stereocenters. The Morgan fingerprint density at radius 3 is 2.67 bits per heavy atom. The molecule has 0 amide bonds. The third kappa shape index (κ3) is 5.22. The van der Waals surface area contributed by atoms with Crippen molar-refractivity contribution >= 4 is 52.5 Å². The van der Waals surface area contributed by atoms with Crippen molar-refractivity contribution in [1.82, 2.24) is 24.6 Å². The van der Waals surface area contributed by atoms with Crippen LogP contribution in [0.25, 0.3) is 11.0 Å². The lowest BCUT2D eigenvalue weighted by Crippen LogP contribution is -2.29. The molecule has 0 bridgehead atoms. The maximum atomic E-state index is 6.08. The van der Waals surface area contributed by atoms with E-state index in [1.54, 1.807) is 10.9 Å². The maximum Gasteiger partial charge on any atom is 0.226 e. The Labute approximate surface area is 170 Å². The molecule has 1 aromatic carbocycles. The van der Waals surface area contributed by atoms with Crippen molar-refractivity contribution in [3.05, 3.63) is 35.5 Å². The Bertz CT molecular complexity index is 877. The number of fused-ring (bicyclic) bond motifs is 1. The standard InChI is InChI=1S/C18H24ClN7.ClH/c1-4-26(5-2)10-9-20-18-23-16(15-12-21-25(3)17(15)24-18)22-14-8-6-7-13(19)11-14;/h6-8,11-12H,4-5,9-10H2,1-3H3,(H2,20,22,23,24);1H. The number of hydrogen-bond acceptors (Lipinski definition) is 6. The fourth-order valence-electron chi connectivity index (χ4n) is 2.77. The molecular weight excluding hydrogens is 385 g/mol. The predicted molar refractivity (Wildman–Crippen MR) is 115 cm³/mol. The van der Waals surface area contributed by atoms with Crippen LogP contribution in [0.4, 0.5) is 17.5 Å². The van der Waals surface area contributed by atoms with Crippen molar-refractivity contribution in [3.63, 3.8) is 0 Å². The van der Waals surface area contributed by atoms with Gasteiger partial charge in [0.05, 0.1) is 11.6 Å². The number of nitrogens with one attached hydrogen (secondary N) is 2. The van der Waals surface area contributed by atoms with Crippen LogP contribution in [0, 0.1) is 0 Å². The van der Waals surface area contributed by atoms with Gasteiger partial charge in [0.15, 0.2) is 5.65 Å². The Morgan fingerprint density at radius 2 is 1.96 bits per heavy atom. The summed E-state index contributed by atoms with van der Waals surface area (Å²) in [5, 5.41) is 12.5. The molecule has 0 fully saturated rings. The van der Waals surface area contributed by atoms with E-state index in [9.17, 15) is 0 Å². The molecule has 27 heavy (non-hydrogen) atoms. The lowest BCUT2D eigenvalue weighted by molar-refractivity contribution is 0.316. The number of hydrogen-bond donors (Lipinski definition) is 2. The lowest BCUT2D eigenvalue weighted by atomic mass is 10.3. The van der Waals surface area contributed by atoms with E-state index in [2.05, 4.69) is 44.4 Å². The minimum absolute atomic E-state index is 0. The van der Waals surface area contributed by atoms with E-state index in [-0.39, 0.29) is 12.4 Å². The first kappa shape index (κ1) is 21.2. The molecule has 2 aromatic heterocycles. The van der Waals surface area contributed by atoms with Gasteiger partial charge < -0.3 is 15.5 Å². The molecule has 0 aliphatic heterocycles. The Hall–Kier alpha value is -2.09. The topological polar surface area (TPSA) is 70.9 Å².